The summed E-state index contributed by atoms with van der Waals surface area (Å²) >= 11 is 2.02. The minimum atomic E-state index is -0.453. The third-order valence-electron chi connectivity index (χ3n) is 1.82. The van der Waals surface area contributed by atoms with Crippen LogP contribution in [0, 0.1) is 20.6 Å². The van der Waals surface area contributed by atoms with Crippen LogP contribution in [0.2, 0.25) is 0 Å². The monoisotopic (exact) mass is 304 g/mol. The number of aryl methyl sites for hydroxylation is 1. The second-order valence-corrected chi connectivity index (χ2v) is 3.99. The lowest BCUT2D eigenvalue weighted by molar-refractivity contribution is -0.383. The maximum atomic E-state index is 10.7. The first-order valence-corrected chi connectivity index (χ1v) is 4.83. The van der Waals surface area contributed by atoms with Crippen molar-refractivity contribution in [3.63, 3.8) is 0 Å². The Morgan fingerprint density at radius 2 is 2.29 bits per heavy atom. The second kappa shape index (κ2) is 3.15. The van der Waals surface area contributed by atoms with Crippen molar-refractivity contribution in [3.05, 3.63) is 31.8 Å². The van der Waals surface area contributed by atoms with Gasteiger partial charge in [0.05, 0.1) is 4.92 Å². The first-order chi connectivity index (χ1) is 6.59. The molecule has 7 heteroatoms. The molecule has 0 unspecified atom stereocenters. The molecule has 0 saturated carbocycles. The molecule has 6 nitrogen and oxygen atoms in total. The average molecular weight is 304 g/mol. The Kier molecular flexibility index (Phi) is 2.10. The van der Waals surface area contributed by atoms with Gasteiger partial charge >= 0.3 is 5.69 Å². The minimum absolute atomic E-state index is 0.0162. The Hall–Kier alpha value is -1.25. The summed E-state index contributed by atoms with van der Waals surface area (Å²) in [5, 5.41) is 18.2. The average Bonchev–Trinajstić information content (AvgIpc) is 2.47. The van der Waals surface area contributed by atoms with Gasteiger partial charge in [0.25, 0.3) is 0 Å². The maximum absolute atomic E-state index is 10.7. The van der Waals surface area contributed by atoms with Crippen LogP contribution in [0.4, 0.5) is 5.69 Å². The van der Waals surface area contributed by atoms with E-state index in [4.69, 9.17) is 0 Å². The number of halogens is 1. The van der Waals surface area contributed by atoms with E-state index in [-0.39, 0.29) is 11.3 Å². The summed E-state index contributed by atoms with van der Waals surface area (Å²) < 4.78 is 2.39. The molecule has 14 heavy (non-hydrogen) atoms. The highest BCUT2D eigenvalue weighted by Gasteiger charge is 2.16. The summed E-state index contributed by atoms with van der Waals surface area (Å²) in [5.74, 6) is 0.640. The molecule has 0 radical (unpaired) electrons. The standard InChI is InChI=1S/C7H5IN4O2/c1-4-9-10-7-6(12(13)14)2-5(8)3-11(4)7/h2-3H,1H3. The van der Waals surface area contributed by atoms with Gasteiger partial charge in [-0.25, -0.2) is 0 Å². The van der Waals surface area contributed by atoms with Crippen molar-refractivity contribution in [2.24, 2.45) is 0 Å². The van der Waals surface area contributed by atoms with E-state index in [9.17, 15) is 10.1 Å². The molecule has 2 aromatic rings. The van der Waals surface area contributed by atoms with Gasteiger partial charge in [0.15, 0.2) is 0 Å². The summed E-state index contributed by atoms with van der Waals surface area (Å²) in [4.78, 5) is 10.2. The maximum Gasteiger partial charge on any atom is 0.315 e. The fourth-order valence-corrected chi connectivity index (χ4v) is 1.76. The number of rotatable bonds is 1. The molecule has 0 aliphatic rings. The van der Waals surface area contributed by atoms with Gasteiger partial charge in [-0.05, 0) is 29.5 Å². The van der Waals surface area contributed by atoms with Crippen molar-refractivity contribution in [1.82, 2.24) is 14.6 Å². The van der Waals surface area contributed by atoms with Gasteiger partial charge in [0.1, 0.15) is 5.82 Å². The highest BCUT2D eigenvalue weighted by molar-refractivity contribution is 14.1. The van der Waals surface area contributed by atoms with Crippen LogP contribution in [0.15, 0.2) is 12.3 Å². The molecule has 0 aliphatic carbocycles. The van der Waals surface area contributed by atoms with E-state index in [1.165, 1.54) is 6.07 Å². The Morgan fingerprint density at radius 1 is 1.57 bits per heavy atom. The SMILES string of the molecule is Cc1nnc2c([N+](=O)[O-])cc(I)cn12. The normalized spacial score (nSPS) is 10.7. The summed E-state index contributed by atoms with van der Waals surface area (Å²) in [6.07, 6.45) is 1.76. The van der Waals surface area contributed by atoms with E-state index in [0.29, 0.717) is 5.82 Å². The summed E-state index contributed by atoms with van der Waals surface area (Å²) in [7, 11) is 0. The van der Waals surface area contributed by atoms with Crippen LogP contribution in [-0.2, 0) is 0 Å². The zero-order valence-corrected chi connectivity index (χ0v) is 9.30. The number of hydrogen-bond acceptors (Lipinski definition) is 4. The van der Waals surface area contributed by atoms with Crippen LogP contribution >= 0.6 is 22.6 Å². The van der Waals surface area contributed by atoms with Crippen molar-refractivity contribution in [2.75, 3.05) is 0 Å². The van der Waals surface area contributed by atoms with E-state index >= 15 is 0 Å². The molecular formula is C7H5IN4O2. The second-order valence-electron chi connectivity index (χ2n) is 2.74. The summed E-state index contributed by atoms with van der Waals surface area (Å²) in [6.45, 7) is 1.75. The molecule has 0 atom stereocenters. The molecular weight excluding hydrogens is 299 g/mol. The fourth-order valence-electron chi connectivity index (χ4n) is 1.19. The number of hydrogen-bond donors (Lipinski definition) is 0. The lowest BCUT2D eigenvalue weighted by Crippen LogP contribution is -1.96. The van der Waals surface area contributed by atoms with Crippen LogP contribution in [0.3, 0.4) is 0 Å². The van der Waals surface area contributed by atoms with Crippen molar-refractivity contribution >= 4 is 33.9 Å². The van der Waals surface area contributed by atoms with Gasteiger partial charge in [-0.15, -0.1) is 10.2 Å². The molecule has 2 rings (SSSR count). The van der Waals surface area contributed by atoms with Gasteiger partial charge in [-0.2, -0.15) is 0 Å². The van der Waals surface area contributed by atoms with Crippen molar-refractivity contribution < 1.29 is 4.92 Å². The molecule has 0 aromatic carbocycles. The van der Waals surface area contributed by atoms with Crippen LogP contribution in [-0.4, -0.2) is 19.5 Å². The lowest BCUT2D eigenvalue weighted by Gasteiger charge is -1.97. The predicted molar refractivity (Wildman–Crippen MR) is 57.1 cm³/mol. The largest absolute Gasteiger partial charge is 0.315 e. The third-order valence-corrected chi connectivity index (χ3v) is 2.41. The van der Waals surface area contributed by atoms with E-state index in [1.54, 1.807) is 17.5 Å². The molecule has 2 heterocycles. The van der Waals surface area contributed by atoms with Crippen molar-refractivity contribution in [1.29, 1.82) is 0 Å². The fraction of sp³-hybridized carbons (Fsp3) is 0.143. The van der Waals surface area contributed by atoms with E-state index in [2.05, 4.69) is 10.2 Å². The van der Waals surface area contributed by atoms with Crippen LogP contribution < -0.4 is 0 Å². The molecule has 0 amide bonds. The van der Waals surface area contributed by atoms with E-state index in [0.717, 1.165) is 3.57 Å². The van der Waals surface area contributed by atoms with Gasteiger partial charge in [-0.1, -0.05) is 0 Å². The van der Waals surface area contributed by atoms with Gasteiger partial charge < -0.3 is 0 Å². The van der Waals surface area contributed by atoms with E-state index in [1.807, 2.05) is 22.6 Å². The molecule has 0 bridgehead atoms. The molecule has 0 saturated heterocycles. The van der Waals surface area contributed by atoms with Gasteiger partial charge in [0.2, 0.25) is 5.65 Å². The minimum Gasteiger partial charge on any atom is -0.280 e. The highest BCUT2D eigenvalue weighted by Crippen LogP contribution is 2.21. The number of nitrogens with zero attached hydrogens (tertiary/aromatic N) is 4. The first-order valence-electron chi connectivity index (χ1n) is 3.75. The number of fused-ring (bicyclic) bond motifs is 1. The third kappa shape index (κ3) is 1.33. The van der Waals surface area contributed by atoms with Gasteiger partial charge in [-0.3, -0.25) is 14.5 Å². The smallest absolute Gasteiger partial charge is 0.280 e. The number of pyridine rings is 1. The first kappa shape index (κ1) is 9.31. The zero-order valence-electron chi connectivity index (χ0n) is 7.14. The quantitative estimate of drug-likeness (QED) is 0.455. The highest BCUT2D eigenvalue weighted by atomic mass is 127. The number of aromatic nitrogens is 3. The Bertz CT molecular complexity index is 522. The summed E-state index contributed by atoms with van der Waals surface area (Å²) in [5.41, 5.74) is 0.269. The Balaban J connectivity index is 2.88. The Morgan fingerprint density at radius 3 is 2.93 bits per heavy atom. The molecule has 0 N–H and O–H groups in total. The Labute approximate surface area is 92.2 Å². The predicted octanol–water partition coefficient (Wildman–Crippen LogP) is 1.55. The number of nitro groups is 1. The van der Waals surface area contributed by atoms with Crippen molar-refractivity contribution in [3.8, 4) is 0 Å². The van der Waals surface area contributed by atoms with Crippen molar-refractivity contribution in [2.45, 2.75) is 6.92 Å². The molecule has 72 valence electrons. The van der Waals surface area contributed by atoms with E-state index < -0.39 is 4.92 Å². The van der Waals surface area contributed by atoms with Crippen LogP contribution in [0.5, 0.6) is 0 Å². The zero-order chi connectivity index (χ0) is 10.3. The molecule has 2 aromatic heterocycles. The molecule has 0 fully saturated rings. The molecule has 0 aliphatic heterocycles. The van der Waals surface area contributed by atoms with Gasteiger partial charge in [0, 0.05) is 15.8 Å². The summed E-state index contributed by atoms with van der Waals surface area (Å²) in [6, 6.07) is 1.48. The lowest BCUT2D eigenvalue weighted by atomic mass is 10.4. The van der Waals surface area contributed by atoms with Crippen LogP contribution in [0.25, 0.3) is 5.65 Å². The van der Waals surface area contributed by atoms with Crippen LogP contribution in [0.1, 0.15) is 5.82 Å². The molecule has 0 spiro atoms. The topological polar surface area (TPSA) is 73.3 Å².